The van der Waals surface area contributed by atoms with Gasteiger partial charge >= 0.3 is 5.97 Å². The molecule has 19 heavy (non-hydrogen) atoms. The van der Waals surface area contributed by atoms with Crippen LogP contribution in [0.4, 0.5) is 0 Å². The third kappa shape index (κ3) is 3.06. The summed E-state index contributed by atoms with van der Waals surface area (Å²) in [5, 5.41) is 9.25. The van der Waals surface area contributed by atoms with Gasteiger partial charge in [0.25, 0.3) is 5.56 Å². The smallest absolute Gasteiger partial charge is 0.337 e. The van der Waals surface area contributed by atoms with Gasteiger partial charge in [-0.1, -0.05) is 27.7 Å². The molecule has 1 aromatic heterocycles. The molecule has 0 saturated carbocycles. The molecular formula is C15H23NO3. The average Bonchev–Trinajstić information content (AvgIpc) is 2.23. The molecule has 1 heterocycles. The number of aromatic carboxylic acids is 1. The van der Waals surface area contributed by atoms with Crippen LogP contribution in [0.2, 0.25) is 0 Å². The summed E-state index contributed by atoms with van der Waals surface area (Å²) in [5.74, 6) is -0.584. The van der Waals surface area contributed by atoms with Crippen molar-refractivity contribution in [1.82, 2.24) is 4.57 Å². The summed E-state index contributed by atoms with van der Waals surface area (Å²) in [6.07, 6.45) is 0. The highest BCUT2D eigenvalue weighted by atomic mass is 16.4. The van der Waals surface area contributed by atoms with Gasteiger partial charge in [-0.15, -0.1) is 0 Å². The molecule has 0 atom stereocenters. The monoisotopic (exact) mass is 265 g/mol. The van der Waals surface area contributed by atoms with Crippen LogP contribution < -0.4 is 5.56 Å². The van der Waals surface area contributed by atoms with E-state index in [4.69, 9.17) is 0 Å². The van der Waals surface area contributed by atoms with Crippen molar-refractivity contribution < 1.29 is 9.90 Å². The van der Waals surface area contributed by atoms with Crippen molar-refractivity contribution >= 4 is 5.97 Å². The van der Waals surface area contributed by atoms with Crippen molar-refractivity contribution in [2.75, 3.05) is 0 Å². The third-order valence-electron chi connectivity index (χ3n) is 4.11. The molecule has 0 fully saturated rings. The zero-order valence-electron chi connectivity index (χ0n) is 12.6. The molecule has 0 bridgehead atoms. The Labute approximate surface area is 114 Å². The second kappa shape index (κ2) is 5.19. The molecule has 0 aliphatic carbocycles. The molecule has 1 rings (SSSR count). The summed E-state index contributed by atoms with van der Waals surface area (Å²) in [7, 11) is 0. The SMILES string of the molecule is Cc1cc(=O)n(CC(C)(C)C(C)C)c(C)c1C(=O)O. The van der Waals surface area contributed by atoms with E-state index in [0.29, 0.717) is 23.7 Å². The maximum atomic E-state index is 12.1. The van der Waals surface area contributed by atoms with Crippen LogP contribution in [0.3, 0.4) is 0 Å². The topological polar surface area (TPSA) is 59.3 Å². The predicted molar refractivity (Wildman–Crippen MR) is 75.8 cm³/mol. The van der Waals surface area contributed by atoms with E-state index < -0.39 is 5.97 Å². The fourth-order valence-corrected chi connectivity index (χ4v) is 2.03. The van der Waals surface area contributed by atoms with E-state index in [1.807, 2.05) is 0 Å². The number of aryl methyl sites for hydroxylation is 1. The normalized spacial score (nSPS) is 11.9. The molecule has 0 aromatic carbocycles. The first kappa shape index (κ1) is 15.5. The maximum Gasteiger partial charge on any atom is 0.337 e. The van der Waals surface area contributed by atoms with Crippen molar-refractivity contribution in [3.63, 3.8) is 0 Å². The van der Waals surface area contributed by atoms with E-state index in [0.717, 1.165) is 0 Å². The molecule has 0 saturated heterocycles. The Balaban J connectivity index is 3.42. The van der Waals surface area contributed by atoms with Gasteiger partial charge in [-0.2, -0.15) is 0 Å². The van der Waals surface area contributed by atoms with Crippen LogP contribution in [-0.2, 0) is 6.54 Å². The Kier molecular flexibility index (Phi) is 4.23. The summed E-state index contributed by atoms with van der Waals surface area (Å²) in [6, 6.07) is 1.41. The summed E-state index contributed by atoms with van der Waals surface area (Å²) in [5.41, 5.74) is 1.09. The minimum Gasteiger partial charge on any atom is -0.478 e. The van der Waals surface area contributed by atoms with E-state index in [1.165, 1.54) is 6.07 Å². The highest BCUT2D eigenvalue weighted by molar-refractivity contribution is 5.90. The Bertz CT molecular complexity index is 553. The molecule has 4 nitrogen and oxygen atoms in total. The summed E-state index contributed by atoms with van der Waals surface area (Å²) in [4.78, 5) is 23.4. The fourth-order valence-electron chi connectivity index (χ4n) is 2.03. The van der Waals surface area contributed by atoms with Crippen LogP contribution in [0.5, 0.6) is 0 Å². The van der Waals surface area contributed by atoms with E-state index in [1.54, 1.807) is 18.4 Å². The standard InChI is InChI=1S/C15H23NO3/c1-9(2)15(5,6)8-16-11(4)13(14(18)19)10(3)7-12(16)17/h7,9H,8H2,1-6H3,(H,18,19). The van der Waals surface area contributed by atoms with Gasteiger partial charge in [-0.05, 0) is 30.7 Å². The van der Waals surface area contributed by atoms with Gasteiger partial charge in [0, 0.05) is 18.3 Å². The largest absolute Gasteiger partial charge is 0.478 e. The molecule has 0 spiro atoms. The Morgan fingerprint density at radius 3 is 2.32 bits per heavy atom. The number of aromatic nitrogens is 1. The first-order chi connectivity index (χ1) is 8.58. The summed E-state index contributed by atoms with van der Waals surface area (Å²) < 4.78 is 1.58. The molecule has 0 amide bonds. The lowest BCUT2D eigenvalue weighted by molar-refractivity contribution is 0.0693. The van der Waals surface area contributed by atoms with Crippen LogP contribution in [0.25, 0.3) is 0 Å². The van der Waals surface area contributed by atoms with E-state index in [-0.39, 0.29) is 16.5 Å². The van der Waals surface area contributed by atoms with Crippen molar-refractivity contribution in [1.29, 1.82) is 0 Å². The fraction of sp³-hybridized carbons (Fsp3) is 0.600. The lowest BCUT2D eigenvalue weighted by Gasteiger charge is -2.31. The minimum absolute atomic E-state index is 0.0698. The van der Waals surface area contributed by atoms with Gasteiger partial charge in [0.1, 0.15) is 0 Å². The van der Waals surface area contributed by atoms with E-state index >= 15 is 0 Å². The van der Waals surface area contributed by atoms with Gasteiger partial charge in [0.15, 0.2) is 0 Å². The number of carboxylic acid groups (broad SMARTS) is 1. The first-order valence-electron chi connectivity index (χ1n) is 6.52. The van der Waals surface area contributed by atoms with Crippen LogP contribution in [0, 0.1) is 25.2 Å². The molecule has 4 heteroatoms. The van der Waals surface area contributed by atoms with E-state index in [9.17, 15) is 14.7 Å². The van der Waals surface area contributed by atoms with Crippen molar-refractivity contribution in [2.24, 2.45) is 11.3 Å². The highest BCUT2D eigenvalue weighted by Crippen LogP contribution is 2.28. The molecule has 1 N–H and O–H groups in total. The third-order valence-corrected chi connectivity index (χ3v) is 4.11. The number of carboxylic acids is 1. The lowest BCUT2D eigenvalue weighted by atomic mass is 9.81. The lowest BCUT2D eigenvalue weighted by Crippen LogP contribution is -2.34. The van der Waals surface area contributed by atoms with Gasteiger partial charge < -0.3 is 9.67 Å². The van der Waals surface area contributed by atoms with Crippen LogP contribution in [-0.4, -0.2) is 15.6 Å². The van der Waals surface area contributed by atoms with Gasteiger partial charge in [0.2, 0.25) is 0 Å². The van der Waals surface area contributed by atoms with Crippen LogP contribution in [0.1, 0.15) is 49.3 Å². The molecule has 0 aliphatic heterocycles. The second-order valence-electron chi connectivity index (χ2n) is 6.16. The van der Waals surface area contributed by atoms with Crippen molar-refractivity contribution in [3.05, 3.63) is 33.2 Å². The van der Waals surface area contributed by atoms with E-state index in [2.05, 4.69) is 27.7 Å². The molecule has 106 valence electrons. The molecule has 1 aromatic rings. The van der Waals surface area contributed by atoms with Gasteiger partial charge in [-0.3, -0.25) is 4.79 Å². The van der Waals surface area contributed by atoms with Crippen molar-refractivity contribution in [2.45, 2.75) is 48.1 Å². The van der Waals surface area contributed by atoms with Crippen molar-refractivity contribution in [3.8, 4) is 0 Å². The van der Waals surface area contributed by atoms with Crippen LogP contribution >= 0.6 is 0 Å². The minimum atomic E-state index is -0.980. The maximum absolute atomic E-state index is 12.1. The molecule has 0 radical (unpaired) electrons. The van der Waals surface area contributed by atoms with Crippen LogP contribution in [0.15, 0.2) is 10.9 Å². The van der Waals surface area contributed by atoms with Gasteiger partial charge in [0.05, 0.1) is 5.56 Å². The summed E-state index contributed by atoms with van der Waals surface area (Å²) in [6.45, 7) is 12.3. The molecule has 0 aliphatic rings. The first-order valence-corrected chi connectivity index (χ1v) is 6.52. The summed E-state index contributed by atoms with van der Waals surface area (Å²) >= 11 is 0. The number of nitrogens with zero attached hydrogens (tertiary/aromatic N) is 1. The van der Waals surface area contributed by atoms with Gasteiger partial charge in [-0.25, -0.2) is 4.79 Å². The number of carbonyl (C=O) groups is 1. The Morgan fingerprint density at radius 1 is 1.37 bits per heavy atom. The molecule has 0 unspecified atom stereocenters. The number of hydrogen-bond donors (Lipinski definition) is 1. The quantitative estimate of drug-likeness (QED) is 0.910. The highest BCUT2D eigenvalue weighted by Gasteiger charge is 2.25. The number of rotatable bonds is 4. The molecular weight excluding hydrogens is 242 g/mol. The predicted octanol–water partition coefficient (Wildman–Crippen LogP) is 2.85. The zero-order chi connectivity index (χ0) is 15.0. The Hall–Kier alpha value is -1.58. The Morgan fingerprint density at radius 2 is 1.89 bits per heavy atom. The zero-order valence-corrected chi connectivity index (χ0v) is 12.6. The average molecular weight is 265 g/mol. The second-order valence-corrected chi connectivity index (χ2v) is 6.16. The number of hydrogen-bond acceptors (Lipinski definition) is 2. The number of pyridine rings is 1.